The van der Waals surface area contributed by atoms with E-state index in [0.29, 0.717) is 30.0 Å². The van der Waals surface area contributed by atoms with Gasteiger partial charge in [0.2, 0.25) is 5.95 Å². The van der Waals surface area contributed by atoms with Crippen LogP contribution in [0.2, 0.25) is 0 Å². The Bertz CT molecular complexity index is 1040. The molecule has 2 saturated heterocycles. The molecule has 30 heavy (non-hydrogen) atoms. The number of aromatic nitrogens is 2. The summed E-state index contributed by atoms with van der Waals surface area (Å²) in [6.07, 6.45) is 3.14. The molecule has 0 saturated carbocycles. The molecule has 2 aromatic carbocycles. The summed E-state index contributed by atoms with van der Waals surface area (Å²) in [5, 5.41) is 2.60. The van der Waals surface area contributed by atoms with E-state index >= 15 is 0 Å². The average molecular weight is 402 g/mol. The van der Waals surface area contributed by atoms with Gasteiger partial charge in [-0.3, -0.25) is 4.90 Å². The highest BCUT2D eigenvalue weighted by Crippen LogP contribution is 2.33. The minimum atomic E-state index is -0.369. The van der Waals surface area contributed by atoms with Crippen molar-refractivity contribution in [2.24, 2.45) is 11.8 Å². The number of likely N-dealkylation sites (tertiary alicyclic amines) is 1. The van der Waals surface area contributed by atoms with Crippen molar-refractivity contribution in [1.82, 2.24) is 14.9 Å². The zero-order chi connectivity index (χ0) is 20.5. The van der Waals surface area contributed by atoms with Crippen LogP contribution in [0.25, 0.3) is 10.8 Å². The molecule has 0 N–H and O–H groups in total. The number of carbonyl (C=O) groups is 1. The summed E-state index contributed by atoms with van der Waals surface area (Å²) in [6.45, 7) is 7.30. The zero-order valence-corrected chi connectivity index (χ0v) is 17.2. The summed E-state index contributed by atoms with van der Waals surface area (Å²) in [7, 11) is 0. The van der Waals surface area contributed by atoms with Crippen molar-refractivity contribution in [3.8, 4) is 0 Å². The summed E-state index contributed by atoms with van der Waals surface area (Å²) in [5.41, 5.74) is 1.78. The molecule has 3 aromatic rings. The number of carbonyl (C=O) groups excluding carboxylic acids is 1. The second-order valence-corrected chi connectivity index (χ2v) is 8.29. The zero-order valence-electron chi connectivity index (χ0n) is 17.2. The molecule has 6 nitrogen and oxygen atoms in total. The van der Waals surface area contributed by atoms with Crippen LogP contribution in [0, 0.1) is 11.8 Å². The first-order chi connectivity index (χ1) is 14.7. The van der Waals surface area contributed by atoms with E-state index in [4.69, 9.17) is 4.74 Å². The number of fused-ring (bicyclic) bond motifs is 2. The third-order valence-corrected chi connectivity index (χ3v) is 6.21. The van der Waals surface area contributed by atoms with Gasteiger partial charge >= 0.3 is 5.97 Å². The van der Waals surface area contributed by atoms with Crippen LogP contribution in [-0.2, 0) is 11.3 Å². The Kier molecular flexibility index (Phi) is 5.09. The molecule has 0 aliphatic carbocycles. The molecule has 0 spiro atoms. The second kappa shape index (κ2) is 8.03. The molecule has 2 fully saturated rings. The molecule has 5 rings (SSSR count). The maximum atomic E-state index is 11.8. The lowest BCUT2D eigenvalue weighted by molar-refractivity contribution is 0.0525. The minimum Gasteiger partial charge on any atom is -0.462 e. The van der Waals surface area contributed by atoms with Gasteiger partial charge in [0, 0.05) is 45.1 Å². The summed E-state index contributed by atoms with van der Waals surface area (Å²) in [5.74, 6) is 1.61. The number of esters is 1. The molecule has 3 heterocycles. The molecule has 1 aromatic heterocycles. The lowest BCUT2D eigenvalue weighted by Gasteiger charge is -2.21. The molecule has 0 radical (unpaired) electrons. The van der Waals surface area contributed by atoms with Crippen molar-refractivity contribution >= 4 is 22.7 Å². The highest BCUT2D eigenvalue weighted by atomic mass is 16.5. The Morgan fingerprint density at radius 3 is 2.40 bits per heavy atom. The average Bonchev–Trinajstić information content (AvgIpc) is 3.33. The van der Waals surface area contributed by atoms with E-state index in [2.05, 4.69) is 62.2 Å². The highest BCUT2D eigenvalue weighted by molar-refractivity contribution is 5.88. The van der Waals surface area contributed by atoms with Gasteiger partial charge in [-0.05, 0) is 41.2 Å². The van der Waals surface area contributed by atoms with Crippen molar-refractivity contribution in [2.75, 3.05) is 37.7 Å². The van der Waals surface area contributed by atoms with Crippen LogP contribution in [0.1, 0.15) is 22.8 Å². The van der Waals surface area contributed by atoms with Crippen molar-refractivity contribution in [2.45, 2.75) is 13.5 Å². The van der Waals surface area contributed by atoms with Gasteiger partial charge < -0.3 is 9.64 Å². The van der Waals surface area contributed by atoms with Gasteiger partial charge in [0.05, 0.1) is 12.2 Å². The second-order valence-electron chi connectivity index (χ2n) is 8.29. The monoisotopic (exact) mass is 402 g/mol. The van der Waals surface area contributed by atoms with Gasteiger partial charge in [-0.1, -0.05) is 36.4 Å². The van der Waals surface area contributed by atoms with Crippen LogP contribution < -0.4 is 4.90 Å². The fraction of sp³-hybridized carbons (Fsp3) is 0.375. The molecule has 6 heteroatoms. The molecular weight excluding hydrogens is 376 g/mol. The largest absolute Gasteiger partial charge is 0.462 e. The number of hydrogen-bond acceptors (Lipinski definition) is 6. The van der Waals surface area contributed by atoms with Gasteiger partial charge in [-0.25, -0.2) is 14.8 Å². The van der Waals surface area contributed by atoms with Crippen molar-refractivity contribution in [3.63, 3.8) is 0 Å². The number of anilines is 1. The molecule has 2 aliphatic heterocycles. The third-order valence-electron chi connectivity index (χ3n) is 6.21. The van der Waals surface area contributed by atoms with E-state index < -0.39 is 0 Å². The lowest BCUT2D eigenvalue weighted by Crippen LogP contribution is -2.29. The van der Waals surface area contributed by atoms with E-state index in [1.807, 2.05) is 0 Å². The number of ether oxygens (including phenoxy) is 1. The first kappa shape index (κ1) is 19.0. The minimum absolute atomic E-state index is 0.353. The Balaban J connectivity index is 1.19. The number of nitrogens with zero attached hydrogens (tertiary/aromatic N) is 4. The first-order valence-electron chi connectivity index (χ1n) is 10.6. The molecule has 154 valence electrons. The maximum Gasteiger partial charge on any atom is 0.341 e. The van der Waals surface area contributed by atoms with Crippen molar-refractivity contribution in [1.29, 1.82) is 0 Å². The van der Waals surface area contributed by atoms with Crippen LogP contribution in [0.3, 0.4) is 0 Å². The highest BCUT2D eigenvalue weighted by Gasteiger charge is 2.40. The van der Waals surface area contributed by atoms with Gasteiger partial charge in [-0.15, -0.1) is 0 Å². The lowest BCUT2D eigenvalue weighted by atomic mass is 10.0. The summed E-state index contributed by atoms with van der Waals surface area (Å²) < 4.78 is 5.00. The normalized spacial score (nSPS) is 21.2. The molecule has 0 amide bonds. The van der Waals surface area contributed by atoms with E-state index in [-0.39, 0.29) is 5.97 Å². The Morgan fingerprint density at radius 2 is 1.70 bits per heavy atom. The number of hydrogen-bond donors (Lipinski definition) is 0. The predicted molar refractivity (Wildman–Crippen MR) is 116 cm³/mol. The van der Waals surface area contributed by atoms with E-state index in [1.165, 1.54) is 16.3 Å². The SMILES string of the molecule is CCOC(=O)c1cnc(N2CC3CN(Cc4ccc5ccccc5c4)CC3C2)nc1. The van der Waals surface area contributed by atoms with Crippen molar-refractivity contribution in [3.05, 3.63) is 66.0 Å². The van der Waals surface area contributed by atoms with Crippen LogP contribution in [-0.4, -0.2) is 53.6 Å². The third kappa shape index (κ3) is 3.75. The standard InChI is InChI=1S/C24H26N4O2/c1-2-30-23(29)20-10-25-24(26-11-20)28-15-21-13-27(14-22(21)16-28)12-17-7-8-18-5-3-4-6-19(18)9-17/h3-11,21-22H,2,12-16H2,1H3. The molecular formula is C24H26N4O2. The quantitative estimate of drug-likeness (QED) is 0.610. The smallest absolute Gasteiger partial charge is 0.341 e. The summed E-state index contributed by atoms with van der Waals surface area (Å²) >= 11 is 0. The fourth-order valence-corrected chi connectivity index (χ4v) is 4.78. The molecule has 0 bridgehead atoms. The fourth-order valence-electron chi connectivity index (χ4n) is 4.78. The van der Waals surface area contributed by atoms with E-state index in [0.717, 1.165) is 32.7 Å². The van der Waals surface area contributed by atoms with Gasteiger partial charge in [0.15, 0.2) is 0 Å². The van der Waals surface area contributed by atoms with Gasteiger partial charge in [-0.2, -0.15) is 0 Å². The van der Waals surface area contributed by atoms with Crippen LogP contribution in [0.15, 0.2) is 54.9 Å². The van der Waals surface area contributed by atoms with Gasteiger partial charge in [0.25, 0.3) is 0 Å². The van der Waals surface area contributed by atoms with Crippen molar-refractivity contribution < 1.29 is 9.53 Å². The van der Waals surface area contributed by atoms with Crippen LogP contribution in [0.4, 0.5) is 5.95 Å². The topological polar surface area (TPSA) is 58.6 Å². The van der Waals surface area contributed by atoms with E-state index in [1.54, 1.807) is 19.3 Å². The Morgan fingerprint density at radius 1 is 1.00 bits per heavy atom. The molecule has 2 unspecified atom stereocenters. The number of benzene rings is 2. The molecule has 2 aliphatic rings. The van der Waals surface area contributed by atoms with Gasteiger partial charge in [0.1, 0.15) is 0 Å². The van der Waals surface area contributed by atoms with Crippen LogP contribution in [0.5, 0.6) is 0 Å². The summed E-state index contributed by atoms with van der Waals surface area (Å²) in [4.78, 5) is 25.4. The Labute approximate surface area is 176 Å². The Hall–Kier alpha value is -2.99. The summed E-state index contributed by atoms with van der Waals surface area (Å²) in [6, 6.07) is 15.3. The predicted octanol–water partition coefficient (Wildman–Crippen LogP) is 3.37. The molecule has 2 atom stereocenters. The number of rotatable bonds is 5. The van der Waals surface area contributed by atoms with E-state index in [9.17, 15) is 4.79 Å². The first-order valence-corrected chi connectivity index (χ1v) is 10.6. The maximum absolute atomic E-state index is 11.8. The van der Waals surface area contributed by atoms with Crippen LogP contribution >= 0.6 is 0 Å².